The number of likely N-dealkylation sites (tertiary alicyclic amines) is 1. The van der Waals surface area contributed by atoms with Gasteiger partial charge in [-0.15, -0.1) is 0 Å². The monoisotopic (exact) mass is 411 g/mol. The summed E-state index contributed by atoms with van der Waals surface area (Å²) in [5.74, 6) is -0.234. The van der Waals surface area contributed by atoms with E-state index in [4.69, 9.17) is 0 Å². The Hall–Kier alpha value is -2.73. The second kappa shape index (κ2) is 9.85. The molecule has 2 N–H and O–H groups in total. The summed E-state index contributed by atoms with van der Waals surface area (Å²) in [6, 6.07) is 13.3. The van der Waals surface area contributed by atoms with E-state index in [9.17, 15) is 14.0 Å². The number of halogens is 1. The molecule has 160 valence electrons. The number of piperidine rings is 1. The number of carbonyl (C=O) groups excluding carboxylic acids is 2. The van der Waals surface area contributed by atoms with Crippen molar-refractivity contribution in [1.29, 1.82) is 0 Å². The van der Waals surface area contributed by atoms with Gasteiger partial charge in [0.15, 0.2) is 0 Å². The predicted octanol–water partition coefficient (Wildman–Crippen LogP) is 4.17. The number of rotatable bonds is 6. The summed E-state index contributed by atoms with van der Waals surface area (Å²) in [5, 5.41) is 6.09. The number of para-hydroxylation sites is 1. The van der Waals surface area contributed by atoms with Gasteiger partial charge in [-0.1, -0.05) is 32.0 Å². The van der Waals surface area contributed by atoms with E-state index in [-0.39, 0.29) is 29.7 Å². The molecular weight excluding hydrogens is 381 g/mol. The third-order valence-corrected chi connectivity index (χ3v) is 5.74. The zero-order chi connectivity index (χ0) is 21.7. The lowest BCUT2D eigenvalue weighted by molar-refractivity contribution is -0.121. The molecule has 6 heteroatoms. The molecular formula is C24H30FN3O2. The van der Waals surface area contributed by atoms with Gasteiger partial charge in [0, 0.05) is 30.4 Å². The van der Waals surface area contributed by atoms with Gasteiger partial charge in [-0.25, -0.2) is 4.39 Å². The van der Waals surface area contributed by atoms with Gasteiger partial charge in [-0.05, 0) is 61.6 Å². The normalized spacial score (nSPS) is 16.3. The van der Waals surface area contributed by atoms with E-state index in [1.165, 1.54) is 24.3 Å². The van der Waals surface area contributed by atoms with Crippen molar-refractivity contribution in [3.05, 3.63) is 65.5 Å². The smallest absolute Gasteiger partial charge is 0.251 e. The molecule has 1 aliphatic heterocycles. The van der Waals surface area contributed by atoms with Crippen LogP contribution in [0.25, 0.3) is 0 Å². The highest BCUT2D eigenvalue weighted by Crippen LogP contribution is 2.24. The topological polar surface area (TPSA) is 61.4 Å². The Morgan fingerprint density at radius 3 is 2.27 bits per heavy atom. The highest BCUT2D eigenvalue weighted by atomic mass is 19.1. The first-order valence-electron chi connectivity index (χ1n) is 10.6. The molecule has 2 aromatic rings. The van der Waals surface area contributed by atoms with Crippen LogP contribution in [0.2, 0.25) is 0 Å². The van der Waals surface area contributed by atoms with Gasteiger partial charge in [0.2, 0.25) is 5.91 Å². The Balaban J connectivity index is 1.51. The minimum absolute atomic E-state index is 0.0168. The number of benzene rings is 2. The number of carbonyl (C=O) groups is 2. The maximum Gasteiger partial charge on any atom is 0.251 e. The molecule has 1 atom stereocenters. The van der Waals surface area contributed by atoms with Gasteiger partial charge in [0.25, 0.3) is 5.91 Å². The molecule has 1 heterocycles. The highest BCUT2D eigenvalue weighted by molar-refractivity contribution is 5.95. The van der Waals surface area contributed by atoms with Crippen molar-refractivity contribution in [2.75, 3.05) is 18.4 Å². The average molecular weight is 412 g/mol. The van der Waals surface area contributed by atoms with Crippen LogP contribution >= 0.6 is 0 Å². The number of anilines is 1. The van der Waals surface area contributed by atoms with E-state index >= 15 is 0 Å². The molecule has 0 spiro atoms. The van der Waals surface area contributed by atoms with Crippen LogP contribution in [0.15, 0.2) is 48.5 Å². The van der Waals surface area contributed by atoms with Crippen molar-refractivity contribution < 1.29 is 14.0 Å². The number of hydrogen-bond donors (Lipinski definition) is 2. The summed E-state index contributed by atoms with van der Waals surface area (Å²) < 4.78 is 13.0. The van der Waals surface area contributed by atoms with Gasteiger partial charge in [0.1, 0.15) is 5.82 Å². The van der Waals surface area contributed by atoms with Crippen molar-refractivity contribution in [3.63, 3.8) is 0 Å². The van der Waals surface area contributed by atoms with Crippen LogP contribution in [0.1, 0.15) is 55.5 Å². The number of nitrogens with one attached hydrogen (secondary N) is 2. The Kier molecular flexibility index (Phi) is 7.21. The Morgan fingerprint density at radius 1 is 1.00 bits per heavy atom. The Bertz CT molecular complexity index is 874. The summed E-state index contributed by atoms with van der Waals surface area (Å²) in [6.07, 6.45) is 1.54. The predicted molar refractivity (Wildman–Crippen MR) is 117 cm³/mol. The first-order valence-corrected chi connectivity index (χ1v) is 10.6. The molecule has 1 aliphatic rings. The lowest BCUT2D eigenvalue weighted by Crippen LogP contribution is -2.50. The van der Waals surface area contributed by atoms with Gasteiger partial charge in [-0.2, -0.15) is 0 Å². The summed E-state index contributed by atoms with van der Waals surface area (Å²) in [7, 11) is 0. The maximum atomic E-state index is 13.0. The Labute approximate surface area is 177 Å². The summed E-state index contributed by atoms with van der Waals surface area (Å²) in [6.45, 7) is 7.60. The van der Waals surface area contributed by atoms with Crippen molar-refractivity contribution in [1.82, 2.24) is 10.2 Å². The first kappa shape index (κ1) is 22.0. The molecule has 0 saturated carbocycles. The van der Waals surface area contributed by atoms with Crippen LogP contribution in [0.4, 0.5) is 10.1 Å². The van der Waals surface area contributed by atoms with E-state index in [1.807, 2.05) is 31.2 Å². The Morgan fingerprint density at radius 2 is 1.63 bits per heavy atom. The fourth-order valence-electron chi connectivity index (χ4n) is 3.82. The maximum absolute atomic E-state index is 13.0. The number of hydrogen-bond acceptors (Lipinski definition) is 3. The average Bonchev–Trinajstić information content (AvgIpc) is 2.74. The van der Waals surface area contributed by atoms with Crippen LogP contribution in [-0.4, -0.2) is 41.9 Å². The third kappa shape index (κ3) is 5.45. The van der Waals surface area contributed by atoms with Crippen LogP contribution in [0.5, 0.6) is 0 Å². The van der Waals surface area contributed by atoms with E-state index in [0.717, 1.165) is 37.2 Å². The van der Waals surface area contributed by atoms with Gasteiger partial charge in [-0.3, -0.25) is 14.5 Å². The molecule has 3 rings (SSSR count). The van der Waals surface area contributed by atoms with Crippen molar-refractivity contribution >= 4 is 17.5 Å². The summed E-state index contributed by atoms with van der Waals surface area (Å²) >= 11 is 0. The van der Waals surface area contributed by atoms with E-state index in [0.29, 0.717) is 11.5 Å². The van der Waals surface area contributed by atoms with E-state index < -0.39 is 0 Å². The molecule has 2 amide bonds. The highest BCUT2D eigenvalue weighted by Gasteiger charge is 2.28. The zero-order valence-corrected chi connectivity index (χ0v) is 17.8. The zero-order valence-electron chi connectivity index (χ0n) is 17.8. The lowest BCUT2D eigenvalue weighted by atomic mass is 10.0. The third-order valence-electron chi connectivity index (χ3n) is 5.74. The molecule has 1 unspecified atom stereocenters. The molecule has 0 radical (unpaired) electrons. The summed E-state index contributed by atoms with van der Waals surface area (Å²) in [5.41, 5.74) is 2.45. The number of nitrogens with zero attached hydrogens (tertiary/aromatic N) is 1. The quantitative estimate of drug-likeness (QED) is 0.750. The fourth-order valence-corrected chi connectivity index (χ4v) is 3.82. The van der Waals surface area contributed by atoms with Gasteiger partial charge >= 0.3 is 0 Å². The minimum atomic E-state index is -0.358. The largest absolute Gasteiger partial charge is 0.349 e. The molecule has 0 aromatic heterocycles. The molecule has 5 nitrogen and oxygen atoms in total. The van der Waals surface area contributed by atoms with Crippen LogP contribution in [0.3, 0.4) is 0 Å². The number of amides is 2. The molecule has 30 heavy (non-hydrogen) atoms. The van der Waals surface area contributed by atoms with Gasteiger partial charge < -0.3 is 10.6 Å². The van der Waals surface area contributed by atoms with E-state index in [1.54, 1.807) is 0 Å². The molecule has 1 fully saturated rings. The SMILES string of the molecule is CC(C)c1ccccc1NC(=O)C(C)N1CCC(NC(=O)c2ccc(F)cc2)CC1. The first-order chi connectivity index (χ1) is 14.3. The summed E-state index contributed by atoms with van der Waals surface area (Å²) in [4.78, 5) is 27.3. The van der Waals surface area contributed by atoms with Crippen molar-refractivity contribution in [3.8, 4) is 0 Å². The second-order valence-electron chi connectivity index (χ2n) is 8.20. The molecule has 1 saturated heterocycles. The standard InChI is InChI=1S/C24H30FN3O2/c1-16(2)21-6-4-5-7-22(21)27-23(29)17(3)28-14-12-20(13-15-28)26-24(30)18-8-10-19(25)11-9-18/h4-11,16-17,20H,12-15H2,1-3H3,(H,26,30)(H,27,29). The van der Waals surface area contributed by atoms with Gasteiger partial charge in [0.05, 0.1) is 6.04 Å². The van der Waals surface area contributed by atoms with Crippen molar-refractivity contribution in [2.24, 2.45) is 0 Å². The van der Waals surface area contributed by atoms with E-state index in [2.05, 4.69) is 29.4 Å². The second-order valence-corrected chi connectivity index (χ2v) is 8.20. The lowest BCUT2D eigenvalue weighted by Gasteiger charge is -2.35. The minimum Gasteiger partial charge on any atom is -0.349 e. The van der Waals surface area contributed by atoms with Crippen LogP contribution in [0, 0.1) is 5.82 Å². The molecule has 0 bridgehead atoms. The fraction of sp³-hybridized carbons (Fsp3) is 0.417. The van der Waals surface area contributed by atoms with Crippen LogP contribution < -0.4 is 10.6 Å². The molecule has 0 aliphatic carbocycles. The molecule has 2 aromatic carbocycles. The van der Waals surface area contributed by atoms with Crippen LogP contribution in [-0.2, 0) is 4.79 Å². The van der Waals surface area contributed by atoms with Crippen molar-refractivity contribution in [2.45, 2.75) is 51.6 Å².